The van der Waals surface area contributed by atoms with E-state index >= 15 is 0 Å². The highest BCUT2D eigenvalue weighted by molar-refractivity contribution is 5.81. The van der Waals surface area contributed by atoms with Gasteiger partial charge in [0, 0.05) is 13.0 Å². The summed E-state index contributed by atoms with van der Waals surface area (Å²) in [7, 11) is 0. The molecule has 0 aromatic rings. The molecule has 1 fully saturated rings. The van der Waals surface area contributed by atoms with Crippen LogP contribution in [0.5, 0.6) is 0 Å². The Kier molecular flexibility index (Phi) is 2.18. The van der Waals surface area contributed by atoms with Gasteiger partial charge < -0.3 is 25.6 Å². The Morgan fingerprint density at radius 2 is 2.17 bits per heavy atom. The van der Waals surface area contributed by atoms with Crippen LogP contribution in [0.25, 0.3) is 0 Å². The van der Waals surface area contributed by atoms with Gasteiger partial charge in [-0.2, -0.15) is 0 Å². The van der Waals surface area contributed by atoms with Crippen molar-refractivity contribution >= 4 is 12.0 Å². The molecule has 0 radical (unpaired) electrons. The van der Waals surface area contributed by atoms with Crippen LogP contribution in [0.1, 0.15) is 6.42 Å². The third-order valence-corrected chi connectivity index (χ3v) is 1.83. The number of likely N-dealkylation sites (tertiary alicyclic amines) is 1. The second-order valence-corrected chi connectivity index (χ2v) is 2.71. The summed E-state index contributed by atoms with van der Waals surface area (Å²) in [6.45, 7) is -0.0337. The number of hydrogen-bond donors (Lipinski definition) is 2. The molecule has 6 heteroatoms. The van der Waals surface area contributed by atoms with Crippen molar-refractivity contribution in [2.24, 2.45) is 5.73 Å². The maximum Gasteiger partial charge on any atom is 0.315 e. The highest BCUT2D eigenvalue weighted by atomic mass is 16.4. The summed E-state index contributed by atoms with van der Waals surface area (Å²) in [4.78, 5) is 21.9. The average molecular weight is 173 g/mol. The van der Waals surface area contributed by atoms with Gasteiger partial charge >= 0.3 is 6.03 Å². The van der Waals surface area contributed by atoms with Crippen molar-refractivity contribution in [3.8, 4) is 0 Å². The van der Waals surface area contributed by atoms with E-state index in [2.05, 4.69) is 0 Å². The zero-order chi connectivity index (χ0) is 9.30. The Hall–Kier alpha value is -1.30. The van der Waals surface area contributed by atoms with Gasteiger partial charge in [-0.25, -0.2) is 4.79 Å². The first-order valence-electron chi connectivity index (χ1n) is 3.47. The third kappa shape index (κ3) is 1.48. The average Bonchev–Trinajstić information content (AvgIpc) is 2.31. The number of hydrogen-bond acceptors (Lipinski definition) is 4. The molecule has 0 aromatic carbocycles. The van der Waals surface area contributed by atoms with Gasteiger partial charge in [0.2, 0.25) is 0 Å². The SMILES string of the molecule is NC(=O)N1C[C@H](O)C[C@@H]1C(=O)[O-]. The number of aliphatic hydroxyl groups excluding tert-OH is 1. The van der Waals surface area contributed by atoms with Gasteiger partial charge in [0.15, 0.2) is 0 Å². The van der Waals surface area contributed by atoms with Crippen LogP contribution >= 0.6 is 0 Å². The summed E-state index contributed by atoms with van der Waals surface area (Å²) >= 11 is 0. The zero-order valence-electron chi connectivity index (χ0n) is 6.27. The van der Waals surface area contributed by atoms with Gasteiger partial charge in [-0.15, -0.1) is 0 Å². The fourth-order valence-corrected chi connectivity index (χ4v) is 1.28. The molecule has 12 heavy (non-hydrogen) atoms. The molecule has 6 nitrogen and oxygen atoms in total. The number of primary amides is 1. The number of nitrogens with two attached hydrogens (primary N) is 1. The number of carbonyl (C=O) groups excluding carboxylic acids is 2. The van der Waals surface area contributed by atoms with E-state index in [1.54, 1.807) is 0 Å². The molecule has 0 spiro atoms. The molecule has 0 bridgehead atoms. The minimum Gasteiger partial charge on any atom is -0.548 e. The van der Waals surface area contributed by atoms with Crippen LogP contribution in [-0.4, -0.2) is 40.7 Å². The molecular weight excluding hydrogens is 164 g/mol. The zero-order valence-corrected chi connectivity index (χ0v) is 6.27. The van der Waals surface area contributed by atoms with Crippen molar-refractivity contribution in [3.63, 3.8) is 0 Å². The summed E-state index contributed by atoms with van der Waals surface area (Å²) in [5, 5.41) is 19.4. The molecule has 1 aliphatic rings. The van der Waals surface area contributed by atoms with E-state index in [1.807, 2.05) is 0 Å². The molecule has 68 valence electrons. The summed E-state index contributed by atoms with van der Waals surface area (Å²) in [6, 6.07) is -1.93. The lowest BCUT2D eigenvalue weighted by atomic mass is 10.2. The quantitative estimate of drug-likeness (QED) is 0.448. The number of rotatable bonds is 1. The van der Waals surface area contributed by atoms with E-state index in [0.29, 0.717) is 0 Å². The van der Waals surface area contributed by atoms with E-state index < -0.39 is 24.1 Å². The summed E-state index contributed by atoms with van der Waals surface area (Å²) < 4.78 is 0. The number of aliphatic hydroxyl groups is 1. The first-order valence-corrected chi connectivity index (χ1v) is 3.47. The van der Waals surface area contributed by atoms with Gasteiger partial charge in [-0.1, -0.05) is 0 Å². The van der Waals surface area contributed by atoms with E-state index in [1.165, 1.54) is 0 Å². The second kappa shape index (κ2) is 2.98. The van der Waals surface area contributed by atoms with E-state index in [-0.39, 0.29) is 13.0 Å². The lowest BCUT2D eigenvalue weighted by Crippen LogP contribution is -2.48. The van der Waals surface area contributed by atoms with E-state index in [0.717, 1.165) is 4.90 Å². The van der Waals surface area contributed by atoms with Crippen molar-refractivity contribution < 1.29 is 19.8 Å². The first-order chi connectivity index (χ1) is 5.52. The van der Waals surface area contributed by atoms with Gasteiger partial charge in [0.1, 0.15) is 0 Å². The Bertz CT molecular complexity index is 196. The van der Waals surface area contributed by atoms with Gasteiger partial charge in [-0.05, 0) is 0 Å². The molecule has 0 unspecified atom stereocenters. The molecule has 1 saturated heterocycles. The van der Waals surface area contributed by atoms with Gasteiger partial charge in [0.05, 0.1) is 18.1 Å². The minimum atomic E-state index is -1.38. The number of nitrogens with zero attached hydrogens (tertiary/aromatic N) is 1. The lowest BCUT2D eigenvalue weighted by Gasteiger charge is -2.22. The van der Waals surface area contributed by atoms with Crippen molar-refractivity contribution in [3.05, 3.63) is 0 Å². The minimum absolute atomic E-state index is 0.00866. The maximum absolute atomic E-state index is 10.6. The van der Waals surface area contributed by atoms with Crippen LogP contribution in [0.2, 0.25) is 0 Å². The van der Waals surface area contributed by atoms with Crippen molar-refractivity contribution in [1.29, 1.82) is 0 Å². The molecular formula is C6H9N2O4-. The second-order valence-electron chi connectivity index (χ2n) is 2.71. The van der Waals surface area contributed by atoms with Crippen LogP contribution in [-0.2, 0) is 4.79 Å². The monoisotopic (exact) mass is 173 g/mol. The van der Waals surface area contributed by atoms with E-state index in [4.69, 9.17) is 10.8 Å². The predicted octanol–water partition coefficient (Wildman–Crippen LogP) is -2.75. The Labute approximate surface area is 68.6 Å². The molecule has 1 heterocycles. The largest absolute Gasteiger partial charge is 0.548 e. The molecule has 2 amide bonds. The first kappa shape index (κ1) is 8.79. The van der Waals surface area contributed by atoms with Crippen LogP contribution in [0.15, 0.2) is 0 Å². The smallest absolute Gasteiger partial charge is 0.315 e. The topological polar surface area (TPSA) is 107 Å². The number of aliphatic carboxylic acids is 1. The highest BCUT2D eigenvalue weighted by Gasteiger charge is 2.33. The van der Waals surface area contributed by atoms with Crippen LogP contribution < -0.4 is 10.8 Å². The number of urea groups is 1. The molecule has 1 rings (SSSR count). The third-order valence-electron chi connectivity index (χ3n) is 1.83. The fraction of sp³-hybridized carbons (Fsp3) is 0.667. The Balaban J connectivity index is 2.72. The highest BCUT2D eigenvalue weighted by Crippen LogP contribution is 2.16. The van der Waals surface area contributed by atoms with E-state index in [9.17, 15) is 14.7 Å². The molecule has 3 N–H and O–H groups in total. The molecule has 0 aliphatic carbocycles. The van der Waals surface area contributed by atoms with Crippen molar-refractivity contribution in [2.45, 2.75) is 18.6 Å². The van der Waals surface area contributed by atoms with Crippen LogP contribution in [0.4, 0.5) is 4.79 Å². The number of carboxylic acid groups (broad SMARTS) is 1. The van der Waals surface area contributed by atoms with Crippen molar-refractivity contribution in [1.82, 2.24) is 4.90 Å². The number of β-amino-alcohol motifs (C(OH)–C–C–N with tert-alkyl or cyclic N) is 1. The Morgan fingerprint density at radius 3 is 2.50 bits per heavy atom. The summed E-state index contributed by atoms with van der Waals surface area (Å²) in [5.41, 5.74) is 4.87. The summed E-state index contributed by atoms with van der Waals surface area (Å²) in [6.07, 6.45) is -0.828. The lowest BCUT2D eigenvalue weighted by molar-refractivity contribution is -0.310. The Morgan fingerprint density at radius 1 is 1.58 bits per heavy atom. The number of amides is 2. The number of carboxylic acids is 1. The van der Waals surface area contributed by atoms with Crippen LogP contribution in [0.3, 0.4) is 0 Å². The normalized spacial score (nSPS) is 28.9. The summed E-state index contributed by atoms with van der Waals surface area (Å²) in [5.74, 6) is -1.38. The standard InChI is InChI=1S/C6H10N2O4/c7-6(12)8-2-3(9)1-4(8)5(10)11/h3-4,9H,1-2H2,(H2,7,12)(H,10,11)/p-1/t3-,4-/m1/s1. The maximum atomic E-state index is 10.6. The molecule has 0 saturated carbocycles. The molecule has 2 atom stereocenters. The predicted molar refractivity (Wildman–Crippen MR) is 35.7 cm³/mol. The van der Waals surface area contributed by atoms with Gasteiger partial charge in [0.25, 0.3) is 0 Å². The van der Waals surface area contributed by atoms with Gasteiger partial charge in [-0.3, -0.25) is 0 Å². The number of carbonyl (C=O) groups is 2. The molecule has 0 aromatic heterocycles. The molecule has 1 aliphatic heterocycles. The van der Waals surface area contributed by atoms with Crippen molar-refractivity contribution in [2.75, 3.05) is 6.54 Å². The van der Waals surface area contributed by atoms with Crippen LogP contribution in [0, 0.1) is 0 Å². The fourth-order valence-electron chi connectivity index (χ4n) is 1.28.